The van der Waals surface area contributed by atoms with Crippen LogP contribution in [0.15, 0.2) is 88.1 Å². The molecule has 0 fully saturated rings. The van der Waals surface area contributed by atoms with Crippen molar-refractivity contribution in [1.82, 2.24) is 4.98 Å². The number of aryl methyl sites for hydroxylation is 1. The summed E-state index contributed by atoms with van der Waals surface area (Å²) < 4.78 is 5.87. The van der Waals surface area contributed by atoms with Crippen molar-refractivity contribution in [3.8, 4) is 28.3 Å². The number of phenolic OH excluding ortho intramolecular Hbond substituents is 1. The maximum atomic E-state index is 13.3. The topological polar surface area (TPSA) is 63.3 Å². The number of aromatic hydroxyl groups is 1. The van der Waals surface area contributed by atoms with Crippen molar-refractivity contribution in [2.24, 2.45) is 0 Å². The molecule has 6 rings (SSSR count). The lowest BCUT2D eigenvalue weighted by Gasteiger charge is -2.15. The molecule has 0 radical (unpaired) electrons. The first-order chi connectivity index (χ1) is 15.1. The van der Waals surface area contributed by atoms with E-state index in [1.807, 2.05) is 30.3 Å². The Kier molecular flexibility index (Phi) is 3.65. The molecule has 0 unspecified atom stereocenters. The van der Waals surface area contributed by atoms with Crippen LogP contribution in [0, 0.1) is 6.92 Å². The van der Waals surface area contributed by atoms with Crippen molar-refractivity contribution in [1.29, 1.82) is 0 Å². The molecule has 148 valence electrons. The van der Waals surface area contributed by atoms with Gasteiger partial charge >= 0.3 is 0 Å². The molecule has 4 aromatic carbocycles. The number of hydrogen-bond acceptors (Lipinski definition) is 4. The van der Waals surface area contributed by atoms with Crippen molar-refractivity contribution in [2.75, 3.05) is 0 Å². The largest absolute Gasteiger partial charge is 0.508 e. The van der Waals surface area contributed by atoms with E-state index in [4.69, 9.17) is 4.42 Å². The average Bonchev–Trinajstić information content (AvgIpc) is 2.78. The second-order valence-electron chi connectivity index (χ2n) is 7.77. The Morgan fingerprint density at radius 2 is 1.45 bits per heavy atom. The van der Waals surface area contributed by atoms with Crippen LogP contribution >= 0.6 is 0 Å². The Morgan fingerprint density at radius 3 is 2.13 bits per heavy atom. The minimum absolute atomic E-state index is 0.0916. The number of nitrogens with zero attached hydrogens (tertiary/aromatic N) is 1. The van der Waals surface area contributed by atoms with Gasteiger partial charge in [-0.15, -0.1) is 0 Å². The maximum absolute atomic E-state index is 13.3. The predicted molar refractivity (Wildman–Crippen MR) is 124 cm³/mol. The van der Waals surface area contributed by atoms with Gasteiger partial charge in [0.2, 0.25) is 0 Å². The van der Waals surface area contributed by atoms with Gasteiger partial charge in [-0.05, 0) is 52.2 Å². The molecule has 0 saturated heterocycles. The lowest BCUT2D eigenvalue weighted by molar-refractivity contribution is 0.474. The van der Waals surface area contributed by atoms with Crippen molar-refractivity contribution < 1.29 is 9.52 Å². The Bertz CT molecular complexity index is 1620. The second-order valence-corrected chi connectivity index (χ2v) is 7.77. The SMILES string of the molecule is Cc1c2ccccc2c(-c2cc3nc4ccc(O)cc4oc-3cc2=O)c2ccccc12. The van der Waals surface area contributed by atoms with E-state index in [1.54, 1.807) is 12.1 Å². The van der Waals surface area contributed by atoms with E-state index in [0.29, 0.717) is 28.1 Å². The smallest absolute Gasteiger partial charge is 0.190 e. The number of aromatic nitrogens is 1. The standard InChI is InChI=1S/C27H17NO3/c1-15-17-6-2-4-8-19(17)27(20-9-5-3-7-18(15)20)21-13-23-26(14-24(21)30)31-25-12-16(29)10-11-22(25)28-23/h2-14,29H,1H3. The van der Waals surface area contributed by atoms with E-state index in [2.05, 4.69) is 36.2 Å². The molecule has 0 saturated carbocycles. The van der Waals surface area contributed by atoms with Crippen LogP contribution in [0.4, 0.5) is 0 Å². The molecule has 1 aliphatic carbocycles. The zero-order valence-electron chi connectivity index (χ0n) is 16.7. The molecule has 31 heavy (non-hydrogen) atoms. The van der Waals surface area contributed by atoms with Gasteiger partial charge in [0.25, 0.3) is 0 Å². The number of fused-ring (bicyclic) bond motifs is 4. The molecular weight excluding hydrogens is 386 g/mol. The number of hydrogen-bond donors (Lipinski definition) is 1. The number of rotatable bonds is 1. The molecule has 1 aliphatic heterocycles. The summed E-state index contributed by atoms with van der Waals surface area (Å²) in [6.07, 6.45) is 0. The molecule has 0 spiro atoms. The number of phenols is 1. The van der Waals surface area contributed by atoms with Gasteiger partial charge in [0.15, 0.2) is 16.8 Å². The summed E-state index contributed by atoms with van der Waals surface area (Å²) in [5.74, 6) is 0.488. The summed E-state index contributed by atoms with van der Waals surface area (Å²) >= 11 is 0. The number of benzene rings is 5. The molecule has 4 heteroatoms. The van der Waals surface area contributed by atoms with Gasteiger partial charge in [-0.2, -0.15) is 0 Å². The molecule has 0 atom stereocenters. The summed E-state index contributed by atoms with van der Waals surface area (Å²) in [6, 6.07) is 24.4. The molecule has 0 bridgehead atoms. The average molecular weight is 403 g/mol. The predicted octanol–water partition coefficient (Wildman–Crippen LogP) is 6.28. The quantitative estimate of drug-likeness (QED) is 0.328. The summed E-state index contributed by atoms with van der Waals surface area (Å²) in [5, 5.41) is 14.1. The highest BCUT2D eigenvalue weighted by molar-refractivity contribution is 6.15. The molecular formula is C27H17NO3. The minimum Gasteiger partial charge on any atom is -0.508 e. The van der Waals surface area contributed by atoms with Crippen LogP contribution in [0.3, 0.4) is 0 Å². The third kappa shape index (κ3) is 2.62. The molecule has 0 amide bonds. The monoisotopic (exact) mass is 403 g/mol. The van der Waals surface area contributed by atoms with Gasteiger partial charge in [-0.25, -0.2) is 4.98 Å². The van der Waals surface area contributed by atoms with Crippen LogP contribution in [0.25, 0.3) is 55.2 Å². The Balaban J connectivity index is 1.76. The highest BCUT2D eigenvalue weighted by atomic mass is 16.3. The van der Waals surface area contributed by atoms with E-state index < -0.39 is 0 Å². The van der Waals surface area contributed by atoms with Gasteiger partial charge < -0.3 is 9.52 Å². The van der Waals surface area contributed by atoms with E-state index in [0.717, 1.165) is 27.1 Å². The molecule has 4 nitrogen and oxygen atoms in total. The van der Waals surface area contributed by atoms with E-state index in [-0.39, 0.29) is 11.2 Å². The third-order valence-corrected chi connectivity index (χ3v) is 5.94. The fourth-order valence-electron chi connectivity index (χ4n) is 4.48. The Labute approximate surface area is 177 Å². The van der Waals surface area contributed by atoms with Crippen LogP contribution in [-0.4, -0.2) is 10.1 Å². The highest BCUT2D eigenvalue weighted by Crippen LogP contribution is 2.39. The normalized spacial score (nSPS) is 11.6. The molecule has 2 aliphatic rings. The van der Waals surface area contributed by atoms with Crippen LogP contribution < -0.4 is 5.43 Å². The summed E-state index contributed by atoms with van der Waals surface area (Å²) in [7, 11) is 0. The zero-order valence-corrected chi connectivity index (χ0v) is 16.7. The second kappa shape index (κ2) is 6.41. The van der Waals surface area contributed by atoms with E-state index >= 15 is 0 Å². The molecule has 0 aromatic heterocycles. The lowest BCUT2D eigenvalue weighted by Crippen LogP contribution is -2.07. The summed E-state index contributed by atoms with van der Waals surface area (Å²) in [4.78, 5) is 18.0. The molecule has 1 heterocycles. The molecule has 1 N–H and O–H groups in total. The van der Waals surface area contributed by atoms with Gasteiger partial charge in [0, 0.05) is 23.3 Å². The van der Waals surface area contributed by atoms with Crippen LogP contribution in [0.2, 0.25) is 0 Å². The van der Waals surface area contributed by atoms with E-state index in [1.165, 1.54) is 17.7 Å². The van der Waals surface area contributed by atoms with Crippen molar-refractivity contribution >= 4 is 32.6 Å². The van der Waals surface area contributed by atoms with Gasteiger partial charge in [0.05, 0.1) is 0 Å². The third-order valence-electron chi connectivity index (χ3n) is 5.94. The van der Waals surface area contributed by atoms with Gasteiger partial charge in [-0.3, -0.25) is 4.79 Å². The van der Waals surface area contributed by atoms with E-state index in [9.17, 15) is 9.90 Å². The van der Waals surface area contributed by atoms with Gasteiger partial charge in [-0.1, -0.05) is 48.5 Å². The Morgan fingerprint density at radius 1 is 0.806 bits per heavy atom. The van der Waals surface area contributed by atoms with Crippen molar-refractivity contribution in [3.05, 3.63) is 94.6 Å². The fourth-order valence-corrected chi connectivity index (χ4v) is 4.48. The Hall–Kier alpha value is -4.18. The minimum atomic E-state index is -0.128. The zero-order chi connectivity index (χ0) is 21.1. The first-order valence-corrected chi connectivity index (χ1v) is 10.1. The summed E-state index contributed by atoms with van der Waals surface area (Å²) in [6.45, 7) is 2.12. The first-order valence-electron chi connectivity index (χ1n) is 10.1. The lowest BCUT2D eigenvalue weighted by atomic mass is 9.88. The molecule has 4 aromatic rings. The van der Waals surface area contributed by atoms with Crippen LogP contribution in [0.1, 0.15) is 5.56 Å². The highest BCUT2D eigenvalue weighted by Gasteiger charge is 2.19. The summed E-state index contributed by atoms with van der Waals surface area (Å²) in [5.41, 5.74) is 4.23. The fraction of sp³-hybridized carbons (Fsp3) is 0.0370. The van der Waals surface area contributed by atoms with Crippen molar-refractivity contribution in [2.45, 2.75) is 6.92 Å². The van der Waals surface area contributed by atoms with Crippen LogP contribution in [-0.2, 0) is 0 Å². The van der Waals surface area contributed by atoms with Gasteiger partial charge in [0.1, 0.15) is 17.0 Å². The maximum Gasteiger partial charge on any atom is 0.190 e. The first kappa shape index (κ1) is 17.7. The van der Waals surface area contributed by atoms with Crippen LogP contribution in [0.5, 0.6) is 5.75 Å². The van der Waals surface area contributed by atoms with Crippen molar-refractivity contribution in [3.63, 3.8) is 0 Å².